The van der Waals surface area contributed by atoms with Crippen molar-refractivity contribution in [2.75, 3.05) is 6.54 Å². The highest BCUT2D eigenvalue weighted by atomic mass is 19.1. The van der Waals surface area contributed by atoms with Gasteiger partial charge in [-0.3, -0.25) is 4.79 Å². The summed E-state index contributed by atoms with van der Waals surface area (Å²) in [7, 11) is 0. The molecule has 0 aromatic carbocycles. The van der Waals surface area contributed by atoms with Crippen molar-refractivity contribution in [1.82, 2.24) is 15.5 Å². The molecule has 1 aliphatic carbocycles. The molecule has 0 aliphatic heterocycles. The predicted molar refractivity (Wildman–Crippen MR) is 75.7 cm³/mol. The molecule has 0 atom stereocenters. The molecule has 0 saturated heterocycles. The number of rotatable bonds is 3. The van der Waals surface area contributed by atoms with Crippen LogP contribution in [-0.2, 0) is 0 Å². The number of hydrogen-bond donors (Lipinski definition) is 1. The third-order valence-corrected chi connectivity index (χ3v) is 4.10. The van der Waals surface area contributed by atoms with E-state index < -0.39 is 6.17 Å². The van der Waals surface area contributed by atoms with E-state index in [4.69, 9.17) is 4.52 Å². The largest absolute Gasteiger partial charge is 0.352 e. The van der Waals surface area contributed by atoms with Gasteiger partial charge in [0.1, 0.15) is 6.17 Å². The van der Waals surface area contributed by atoms with E-state index in [0.717, 1.165) is 18.2 Å². The lowest BCUT2D eigenvalue weighted by atomic mass is 9.88. The Hall–Kier alpha value is -1.98. The van der Waals surface area contributed by atoms with E-state index in [1.165, 1.54) is 6.20 Å². The minimum Gasteiger partial charge on any atom is -0.352 e. The summed E-state index contributed by atoms with van der Waals surface area (Å²) in [6.07, 6.45) is 3.70. The van der Waals surface area contributed by atoms with Crippen LogP contribution in [0, 0.1) is 12.8 Å². The number of halogens is 1. The molecule has 5 nitrogen and oxygen atoms in total. The summed E-state index contributed by atoms with van der Waals surface area (Å²) in [6, 6.07) is 1.74. The average molecular weight is 291 g/mol. The van der Waals surface area contributed by atoms with Gasteiger partial charge in [-0.25, -0.2) is 9.37 Å². The molecule has 1 saturated carbocycles. The van der Waals surface area contributed by atoms with Crippen LogP contribution >= 0.6 is 0 Å². The quantitative estimate of drug-likeness (QED) is 0.944. The standard InChI is InChI=1S/C15H18FN3O2/c1-9-13-6-11(8-18-15(13)21-19-9)14(20)17-7-10-2-4-12(16)5-3-10/h6,8,10,12H,2-5,7H2,1H3,(H,17,20). The Morgan fingerprint density at radius 2 is 2.19 bits per heavy atom. The molecule has 2 aromatic heterocycles. The minimum atomic E-state index is -0.667. The Morgan fingerprint density at radius 3 is 2.95 bits per heavy atom. The lowest BCUT2D eigenvalue weighted by molar-refractivity contribution is 0.0939. The van der Waals surface area contributed by atoms with Crippen LogP contribution in [0.4, 0.5) is 4.39 Å². The molecular weight excluding hydrogens is 273 g/mol. The van der Waals surface area contributed by atoms with Gasteiger partial charge in [-0.15, -0.1) is 0 Å². The van der Waals surface area contributed by atoms with Crippen molar-refractivity contribution in [2.24, 2.45) is 5.92 Å². The van der Waals surface area contributed by atoms with E-state index in [1.807, 2.05) is 6.92 Å². The molecule has 0 unspecified atom stereocenters. The van der Waals surface area contributed by atoms with Gasteiger partial charge in [-0.05, 0) is 44.6 Å². The summed E-state index contributed by atoms with van der Waals surface area (Å²) in [5.74, 6) is 0.211. The summed E-state index contributed by atoms with van der Waals surface area (Å²) in [6.45, 7) is 2.40. The Morgan fingerprint density at radius 1 is 1.43 bits per heavy atom. The van der Waals surface area contributed by atoms with Gasteiger partial charge >= 0.3 is 0 Å². The first-order chi connectivity index (χ1) is 10.1. The van der Waals surface area contributed by atoms with Crippen molar-refractivity contribution in [3.05, 3.63) is 23.5 Å². The molecule has 21 heavy (non-hydrogen) atoms. The number of carbonyl (C=O) groups is 1. The zero-order chi connectivity index (χ0) is 14.8. The van der Waals surface area contributed by atoms with Crippen molar-refractivity contribution >= 4 is 17.0 Å². The fraction of sp³-hybridized carbons (Fsp3) is 0.533. The highest BCUT2D eigenvalue weighted by molar-refractivity contribution is 5.96. The second-order valence-corrected chi connectivity index (χ2v) is 5.67. The number of nitrogens with one attached hydrogen (secondary N) is 1. The molecule has 1 amide bonds. The van der Waals surface area contributed by atoms with Crippen LogP contribution in [0.2, 0.25) is 0 Å². The Labute approximate surface area is 121 Å². The maximum absolute atomic E-state index is 13.1. The molecule has 0 radical (unpaired) electrons. The number of amides is 1. The number of aromatic nitrogens is 2. The van der Waals surface area contributed by atoms with Gasteiger partial charge in [-0.1, -0.05) is 5.16 Å². The van der Waals surface area contributed by atoms with E-state index in [-0.39, 0.29) is 5.91 Å². The highest BCUT2D eigenvalue weighted by Crippen LogP contribution is 2.25. The van der Waals surface area contributed by atoms with Crippen molar-refractivity contribution < 1.29 is 13.7 Å². The van der Waals surface area contributed by atoms with Crippen LogP contribution in [0.5, 0.6) is 0 Å². The van der Waals surface area contributed by atoms with Gasteiger partial charge in [0, 0.05) is 12.7 Å². The first-order valence-electron chi connectivity index (χ1n) is 7.28. The summed E-state index contributed by atoms with van der Waals surface area (Å²) in [5.41, 5.74) is 1.65. The molecule has 1 N–H and O–H groups in total. The minimum absolute atomic E-state index is 0.160. The SMILES string of the molecule is Cc1noc2ncc(C(=O)NCC3CCC(F)CC3)cc12. The molecule has 2 aromatic rings. The lowest BCUT2D eigenvalue weighted by Crippen LogP contribution is -2.31. The smallest absolute Gasteiger partial charge is 0.257 e. The molecule has 112 valence electrons. The Kier molecular flexibility index (Phi) is 3.86. The maximum Gasteiger partial charge on any atom is 0.257 e. The topological polar surface area (TPSA) is 68.0 Å². The summed E-state index contributed by atoms with van der Waals surface area (Å²) >= 11 is 0. The van der Waals surface area contributed by atoms with E-state index in [0.29, 0.717) is 42.3 Å². The number of aryl methyl sites for hydroxylation is 1. The van der Waals surface area contributed by atoms with Gasteiger partial charge < -0.3 is 9.84 Å². The summed E-state index contributed by atoms with van der Waals surface area (Å²) < 4.78 is 18.1. The highest BCUT2D eigenvalue weighted by Gasteiger charge is 2.21. The lowest BCUT2D eigenvalue weighted by Gasteiger charge is -2.24. The normalized spacial score (nSPS) is 22.4. The van der Waals surface area contributed by atoms with E-state index >= 15 is 0 Å². The number of nitrogens with zero attached hydrogens (tertiary/aromatic N) is 2. The van der Waals surface area contributed by atoms with Gasteiger partial charge in [0.2, 0.25) is 0 Å². The fourth-order valence-corrected chi connectivity index (χ4v) is 2.73. The molecule has 0 bridgehead atoms. The van der Waals surface area contributed by atoms with Crippen LogP contribution in [0.1, 0.15) is 41.7 Å². The van der Waals surface area contributed by atoms with Crippen LogP contribution in [0.25, 0.3) is 11.1 Å². The molecule has 2 heterocycles. The molecule has 3 rings (SSSR count). The summed E-state index contributed by atoms with van der Waals surface area (Å²) in [5, 5.41) is 7.48. The van der Waals surface area contributed by atoms with Crippen molar-refractivity contribution in [2.45, 2.75) is 38.8 Å². The third-order valence-electron chi connectivity index (χ3n) is 4.10. The second kappa shape index (κ2) is 5.79. The van der Waals surface area contributed by atoms with Crippen molar-refractivity contribution in [3.63, 3.8) is 0 Å². The average Bonchev–Trinajstić information content (AvgIpc) is 2.87. The van der Waals surface area contributed by atoms with Crippen molar-refractivity contribution in [3.8, 4) is 0 Å². The maximum atomic E-state index is 13.1. The monoisotopic (exact) mass is 291 g/mol. The summed E-state index contributed by atoms with van der Waals surface area (Å²) in [4.78, 5) is 16.2. The van der Waals surface area contributed by atoms with Gasteiger partial charge in [0.15, 0.2) is 0 Å². The molecular formula is C15H18FN3O2. The third kappa shape index (κ3) is 3.04. The van der Waals surface area contributed by atoms with E-state index in [9.17, 15) is 9.18 Å². The van der Waals surface area contributed by atoms with Crippen molar-refractivity contribution in [1.29, 1.82) is 0 Å². The number of carbonyl (C=O) groups excluding carboxylic acids is 1. The zero-order valence-electron chi connectivity index (χ0n) is 11.9. The molecule has 0 spiro atoms. The molecule has 1 fully saturated rings. The predicted octanol–water partition coefficient (Wildman–Crippen LogP) is 2.79. The van der Waals surface area contributed by atoms with E-state index in [1.54, 1.807) is 6.07 Å². The first-order valence-corrected chi connectivity index (χ1v) is 7.28. The Bertz CT molecular complexity index is 647. The Balaban J connectivity index is 1.62. The fourth-order valence-electron chi connectivity index (χ4n) is 2.73. The number of hydrogen-bond acceptors (Lipinski definition) is 4. The zero-order valence-corrected chi connectivity index (χ0v) is 11.9. The van der Waals surface area contributed by atoms with Crippen LogP contribution in [0.15, 0.2) is 16.8 Å². The van der Waals surface area contributed by atoms with Crippen LogP contribution in [-0.4, -0.2) is 28.8 Å². The van der Waals surface area contributed by atoms with Crippen LogP contribution in [0.3, 0.4) is 0 Å². The number of fused-ring (bicyclic) bond motifs is 1. The van der Waals surface area contributed by atoms with Gasteiger partial charge in [0.05, 0.1) is 16.6 Å². The molecule has 1 aliphatic rings. The molecule has 6 heteroatoms. The number of pyridine rings is 1. The first kappa shape index (κ1) is 14.0. The van der Waals surface area contributed by atoms with Crippen LogP contribution < -0.4 is 5.32 Å². The number of alkyl halides is 1. The van der Waals surface area contributed by atoms with Gasteiger partial charge in [0.25, 0.3) is 11.6 Å². The van der Waals surface area contributed by atoms with Gasteiger partial charge in [-0.2, -0.15) is 0 Å². The second-order valence-electron chi connectivity index (χ2n) is 5.67. The van der Waals surface area contributed by atoms with E-state index in [2.05, 4.69) is 15.5 Å².